The van der Waals surface area contributed by atoms with Crippen LogP contribution in [-0.4, -0.2) is 4.98 Å². The second-order valence-corrected chi connectivity index (χ2v) is 9.94. The Morgan fingerprint density at radius 3 is 1.90 bits per heavy atom. The Balaban J connectivity index is 1.46. The Labute approximate surface area is 225 Å². The molecule has 0 bridgehead atoms. The Morgan fingerprint density at radius 2 is 1.05 bits per heavy atom. The van der Waals surface area contributed by atoms with Crippen LogP contribution in [0.4, 0.5) is 0 Å². The maximum absolute atomic E-state index is 6.98. The van der Waals surface area contributed by atoms with Crippen molar-refractivity contribution < 1.29 is 4.74 Å². The van der Waals surface area contributed by atoms with Gasteiger partial charge in [-0.3, -0.25) is 4.98 Å². The van der Waals surface area contributed by atoms with Gasteiger partial charge in [-0.25, -0.2) is 0 Å². The van der Waals surface area contributed by atoms with E-state index in [1.54, 1.807) is 0 Å². The molecule has 39 heavy (non-hydrogen) atoms. The molecule has 1 aromatic heterocycles. The predicted molar refractivity (Wildman–Crippen MR) is 164 cm³/mol. The van der Waals surface area contributed by atoms with E-state index in [2.05, 4.69) is 132 Å². The maximum Gasteiger partial charge on any atom is 0.143 e. The third kappa shape index (κ3) is 3.39. The van der Waals surface area contributed by atoms with Gasteiger partial charge in [0, 0.05) is 33.9 Å². The molecule has 7 aromatic carbocycles. The van der Waals surface area contributed by atoms with E-state index in [4.69, 9.17) is 4.74 Å². The van der Waals surface area contributed by atoms with Crippen LogP contribution in [-0.2, 0) is 0 Å². The molecule has 0 aliphatic rings. The normalized spacial score (nSPS) is 11.6. The molecular weight excluding hydrogens is 474 g/mol. The van der Waals surface area contributed by atoms with Crippen molar-refractivity contribution in [2.75, 3.05) is 0 Å². The zero-order valence-corrected chi connectivity index (χ0v) is 21.1. The standard InChI is InChI=1S/C37H23NO/c1-3-13-26-24(10-1)12-9-19-30(26)36-31-17-7-8-18-32(31)37(33-20-21-38-23-34(33)36)39-35-22-25-11-2-4-14-27(25)28-15-5-6-16-29(28)35/h1-23H. The van der Waals surface area contributed by atoms with Crippen molar-refractivity contribution in [1.82, 2.24) is 4.98 Å². The summed E-state index contributed by atoms with van der Waals surface area (Å²) in [5, 5.41) is 11.5. The highest BCUT2D eigenvalue weighted by Crippen LogP contribution is 2.47. The lowest BCUT2D eigenvalue weighted by Gasteiger charge is -2.19. The number of benzene rings is 7. The Kier molecular flexibility index (Phi) is 4.86. The third-order valence-corrected chi connectivity index (χ3v) is 7.78. The first-order valence-corrected chi connectivity index (χ1v) is 13.2. The van der Waals surface area contributed by atoms with E-state index < -0.39 is 0 Å². The quantitative estimate of drug-likeness (QED) is 0.179. The molecular formula is C37H23NO. The monoisotopic (exact) mass is 497 g/mol. The highest BCUT2D eigenvalue weighted by molar-refractivity contribution is 6.20. The van der Waals surface area contributed by atoms with Gasteiger partial charge in [0.1, 0.15) is 11.5 Å². The van der Waals surface area contributed by atoms with Crippen molar-refractivity contribution in [2.45, 2.75) is 0 Å². The van der Waals surface area contributed by atoms with Crippen molar-refractivity contribution >= 4 is 53.9 Å². The number of pyridine rings is 1. The third-order valence-electron chi connectivity index (χ3n) is 7.78. The van der Waals surface area contributed by atoms with Crippen LogP contribution in [0.1, 0.15) is 0 Å². The van der Waals surface area contributed by atoms with Gasteiger partial charge in [0.2, 0.25) is 0 Å². The van der Waals surface area contributed by atoms with Crippen LogP contribution >= 0.6 is 0 Å². The summed E-state index contributed by atoms with van der Waals surface area (Å²) in [6.45, 7) is 0. The first-order valence-electron chi connectivity index (χ1n) is 13.2. The summed E-state index contributed by atoms with van der Waals surface area (Å²) in [4.78, 5) is 4.57. The Hall–Kier alpha value is -5.21. The number of aromatic nitrogens is 1. The second kappa shape index (κ2) is 8.68. The fourth-order valence-electron chi connectivity index (χ4n) is 6.04. The van der Waals surface area contributed by atoms with Crippen LogP contribution in [0.15, 0.2) is 140 Å². The van der Waals surface area contributed by atoms with E-state index in [-0.39, 0.29) is 0 Å². The minimum Gasteiger partial charge on any atom is -0.455 e. The van der Waals surface area contributed by atoms with Crippen LogP contribution < -0.4 is 4.74 Å². The van der Waals surface area contributed by atoms with E-state index in [1.807, 2.05) is 12.4 Å². The lowest BCUT2D eigenvalue weighted by molar-refractivity contribution is 0.500. The number of hydrogen-bond acceptors (Lipinski definition) is 2. The highest BCUT2D eigenvalue weighted by atomic mass is 16.5. The molecule has 8 rings (SSSR count). The lowest BCUT2D eigenvalue weighted by Crippen LogP contribution is -1.94. The zero-order valence-electron chi connectivity index (χ0n) is 21.1. The molecule has 0 fully saturated rings. The minimum atomic E-state index is 0.852. The number of ether oxygens (including phenoxy) is 1. The molecule has 0 saturated heterocycles. The molecule has 0 saturated carbocycles. The molecule has 2 nitrogen and oxygen atoms in total. The fourth-order valence-corrected chi connectivity index (χ4v) is 6.04. The zero-order chi connectivity index (χ0) is 25.8. The van der Waals surface area contributed by atoms with Gasteiger partial charge in [-0.05, 0) is 55.6 Å². The molecule has 0 unspecified atom stereocenters. The molecule has 8 aromatic rings. The topological polar surface area (TPSA) is 22.1 Å². The summed E-state index contributed by atoms with van der Waals surface area (Å²) in [6, 6.07) is 44.9. The Bertz CT molecular complexity index is 2150. The van der Waals surface area contributed by atoms with Crippen LogP contribution in [0.25, 0.3) is 65.0 Å². The number of hydrogen-bond donors (Lipinski definition) is 0. The van der Waals surface area contributed by atoms with Gasteiger partial charge < -0.3 is 4.74 Å². The first kappa shape index (κ1) is 21.8. The van der Waals surface area contributed by atoms with Gasteiger partial charge in [-0.2, -0.15) is 0 Å². The molecule has 0 radical (unpaired) electrons. The van der Waals surface area contributed by atoms with Crippen molar-refractivity contribution in [3.63, 3.8) is 0 Å². The van der Waals surface area contributed by atoms with E-state index >= 15 is 0 Å². The molecule has 0 atom stereocenters. The molecule has 0 N–H and O–H groups in total. The average molecular weight is 498 g/mol. The lowest BCUT2D eigenvalue weighted by atomic mass is 9.89. The van der Waals surface area contributed by atoms with Crippen molar-refractivity contribution in [1.29, 1.82) is 0 Å². The van der Waals surface area contributed by atoms with Crippen LogP contribution in [0.2, 0.25) is 0 Å². The van der Waals surface area contributed by atoms with Crippen LogP contribution in [0, 0.1) is 0 Å². The van der Waals surface area contributed by atoms with Crippen molar-refractivity contribution in [3.05, 3.63) is 140 Å². The average Bonchev–Trinajstić information content (AvgIpc) is 3.01. The van der Waals surface area contributed by atoms with Gasteiger partial charge in [0.15, 0.2) is 0 Å². The summed E-state index contributed by atoms with van der Waals surface area (Å²) in [5.41, 5.74) is 2.38. The molecule has 2 heteroatoms. The smallest absolute Gasteiger partial charge is 0.143 e. The SMILES string of the molecule is c1ccc2c(-c3c4ccccc4c(Oc4cc5ccccc5c5ccccc45)c4ccncc34)cccc2c1. The molecule has 0 spiro atoms. The highest BCUT2D eigenvalue weighted by Gasteiger charge is 2.19. The number of rotatable bonds is 3. The Morgan fingerprint density at radius 1 is 0.436 bits per heavy atom. The van der Waals surface area contributed by atoms with E-state index in [0.29, 0.717) is 0 Å². The molecule has 0 aliphatic heterocycles. The van der Waals surface area contributed by atoms with Crippen LogP contribution in [0.3, 0.4) is 0 Å². The summed E-state index contributed by atoms with van der Waals surface area (Å²) in [6.07, 6.45) is 3.83. The summed E-state index contributed by atoms with van der Waals surface area (Å²) >= 11 is 0. The van der Waals surface area contributed by atoms with Crippen molar-refractivity contribution in [3.8, 4) is 22.6 Å². The van der Waals surface area contributed by atoms with Gasteiger partial charge >= 0.3 is 0 Å². The van der Waals surface area contributed by atoms with E-state index in [0.717, 1.165) is 43.8 Å². The molecule has 0 aliphatic carbocycles. The predicted octanol–water partition coefficient (Wildman–Crippen LogP) is 10.3. The molecule has 1 heterocycles. The van der Waals surface area contributed by atoms with Gasteiger partial charge in [-0.1, -0.05) is 115 Å². The first-order chi connectivity index (χ1) is 19.4. The fraction of sp³-hybridized carbons (Fsp3) is 0. The van der Waals surface area contributed by atoms with E-state index in [9.17, 15) is 0 Å². The summed E-state index contributed by atoms with van der Waals surface area (Å²) in [5.74, 6) is 1.71. The van der Waals surface area contributed by atoms with E-state index in [1.165, 1.54) is 32.7 Å². The maximum atomic E-state index is 6.98. The van der Waals surface area contributed by atoms with Crippen molar-refractivity contribution in [2.24, 2.45) is 0 Å². The molecule has 0 amide bonds. The van der Waals surface area contributed by atoms with Gasteiger partial charge in [-0.15, -0.1) is 0 Å². The molecule has 182 valence electrons. The number of fused-ring (bicyclic) bond motifs is 6. The van der Waals surface area contributed by atoms with Crippen LogP contribution in [0.5, 0.6) is 11.5 Å². The summed E-state index contributed by atoms with van der Waals surface area (Å²) in [7, 11) is 0. The second-order valence-electron chi connectivity index (χ2n) is 9.94. The minimum absolute atomic E-state index is 0.852. The largest absolute Gasteiger partial charge is 0.455 e. The summed E-state index contributed by atoms with van der Waals surface area (Å²) < 4.78 is 6.98. The number of nitrogens with zero attached hydrogens (tertiary/aromatic N) is 1. The van der Waals surface area contributed by atoms with Gasteiger partial charge in [0.05, 0.1) is 0 Å². The van der Waals surface area contributed by atoms with Gasteiger partial charge in [0.25, 0.3) is 0 Å².